The third-order valence-electron chi connectivity index (χ3n) is 11.8. The van der Waals surface area contributed by atoms with Crippen LogP contribution >= 0.6 is 15.8 Å². The molecule has 4 nitrogen and oxygen atoms in total. The number of nitrogens with one attached hydrogen (secondary N) is 2. The van der Waals surface area contributed by atoms with E-state index in [0.717, 1.165) is 0 Å². The van der Waals surface area contributed by atoms with Gasteiger partial charge in [0.15, 0.2) is 0 Å². The summed E-state index contributed by atoms with van der Waals surface area (Å²) in [7, 11) is -14.7. The molecule has 0 unspecified atom stereocenters. The Morgan fingerprint density at radius 3 is 0.947 bits per heavy atom. The molecule has 0 bridgehead atoms. The number of fused-ring (bicyclic) bond motifs is 2. The average molecular weight is 1160 g/mol. The molecular weight excluding hydrogens is 1100 g/mol. The maximum Gasteiger partial charge on any atom is 2.00 e. The molecule has 392 valence electrons. The minimum Gasteiger partial charge on any atom is -0.861 e. The van der Waals surface area contributed by atoms with Gasteiger partial charge < -0.3 is 55.7 Å². The molecule has 0 saturated heterocycles. The van der Waals surface area contributed by atoms with Gasteiger partial charge in [-0.1, -0.05) is 164 Å². The summed E-state index contributed by atoms with van der Waals surface area (Å²) in [4.78, 5) is 1.68. The van der Waals surface area contributed by atoms with Crippen molar-refractivity contribution in [2.75, 3.05) is 19.6 Å². The van der Waals surface area contributed by atoms with Gasteiger partial charge in [0.05, 0.1) is 41.5 Å². The normalized spacial score (nSPS) is 11.4. The Morgan fingerprint density at radius 1 is 0.440 bits per heavy atom. The van der Waals surface area contributed by atoms with Crippen LogP contribution in [-0.2, 0) is 20.4 Å². The summed E-state index contributed by atoms with van der Waals surface area (Å²) in [6, 6.07) is 80.3. The summed E-state index contributed by atoms with van der Waals surface area (Å²) in [5.41, 5.74) is 8.84. The first-order valence-electron chi connectivity index (χ1n) is 24.1. The van der Waals surface area contributed by atoms with Crippen LogP contribution in [0.4, 0.5) is 34.5 Å². The predicted molar refractivity (Wildman–Crippen MR) is 301 cm³/mol. The Labute approximate surface area is 450 Å². The van der Waals surface area contributed by atoms with E-state index in [1.54, 1.807) is 29.2 Å². The molecule has 9 aromatic carbocycles. The molecule has 0 aromatic heterocycles. The van der Waals surface area contributed by atoms with Crippen molar-refractivity contribution < 1.29 is 65.0 Å². The fraction of sp³-hybridized carbons (Fsp3) is 0.121. The topological polar surface area (TPSA) is 77.4 Å². The zero-order chi connectivity index (χ0) is 53.7. The van der Waals surface area contributed by atoms with Crippen LogP contribution in [0.1, 0.15) is 32.4 Å². The summed E-state index contributed by atoms with van der Waals surface area (Å²) in [5.74, 6) is -0.754. The molecule has 0 heterocycles. The molecule has 9 aromatic rings. The van der Waals surface area contributed by atoms with Crippen molar-refractivity contribution >= 4 is 89.6 Å². The van der Waals surface area contributed by atoms with Gasteiger partial charge in [-0.25, -0.2) is 0 Å². The predicted octanol–water partition coefficient (Wildman–Crippen LogP) is 11.2. The molecule has 0 spiro atoms. The van der Waals surface area contributed by atoms with Crippen LogP contribution in [0.5, 0.6) is 0 Å². The van der Waals surface area contributed by atoms with Gasteiger partial charge in [0.2, 0.25) is 0 Å². The van der Waals surface area contributed by atoms with Crippen molar-refractivity contribution in [3.63, 3.8) is 0 Å². The molecule has 75 heavy (non-hydrogen) atoms. The number of rotatable bonds is 12. The molecule has 0 amide bonds. The van der Waals surface area contributed by atoms with E-state index in [1.807, 2.05) is 6.07 Å². The minimum atomic E-state index is -6.00. The summed E-state index contributed by atoms with van der Waals surface area (Å²) >= 11 is 0. The van der Waals surface area contributed by atoms with E-state index in [0.29, 0.717) is 5.56 Å². The van der Waals surface area contributed by atoms with E-state index in [9.17, 15) is 39.6 Å². The monoisotopic (exact) mass is 1160 g/mol. The number of hydrogen-bond donors (Lipinski definition) is 3. The van der Waals surface area contributed by atoms with Crippen molar-refractivity contribution in [3.05, 3.63) is 230 Å². The Bertz CT molecular complexity index is 2820. The molecular formula is C58H59B2F8N3OP2Pd+2. The standard InChI is InChI=1S/C44H32P2.C8H10N2O.C6H15N.2BF4.Pd/c1-5-19-35(20-6-1)45(36-21-7-2-8-22-36)41-31-29-33-17-13-15-27-39(33)43(41)44-40-28-16-14-18-34(40)30-32-42(44)46(37-23-9-3-10-24-37)38-25-11-4-12-26-38;9-7(8(10)11)6-4-2-1-3-5-6;1-4-7(5-2)6-3;2*2-1(3,4)5;/h1-32H;1-5,7H,9H2,(H2,10,11);4-6H2,1-3H3;;;/q;;;2*-1;+2/p+2/t;7-;;;;/m.0..../s1. The van der Waals surface area contributed by atoms with E-state index >= 15 is 0 Å². The van der Waals surface area contributed by atoms with E-state index in [4.69, 9.17) is 11.1 Å². The van der Waals surface area contributed by atoms with Crippen LogP contribution in [0.3, 0.4) is 0 Å². The molecule has 4 N–H and O–H groups in total. The van der Waals surface area contributed by atoms with Gasteiger partial charge in [-0.3, -0.25) is 0 Å². The Hall–Kier alpha value is -6.02. The molecule has 0 radical (unpaired) electrons. The van der Waals surface area contributed by atoms with Crippen LogP contribution in [0.15, 0.2) is 224 Å². The van der Waals surface area contributed by atoms with Crippen molar-refractivity contribution in [1.82, 2.24) is 0 Å². The van der Waals surface area contributed by atoms with Crippen LogP contribution in [-0.4, -0.2) is 40.0 Å². The Balaban J connectivity index is 0.000000344. The first-order chi connectivity index (χ1) is 35.4. The maximum absolute atomic E-state index is 10.5. The third kappa shape index (κ3) is 19.3. The van der Waals surface area contributed by atoms with Crippen LogP contribution < -0.4 is 47.6 Å². The van der Waals surface area contributed by atoms with E-state index < -0.39 is 42.3 Å². The van der Waals surface area contributed by atoms with Gasteiger partial charge >= 0.3 is 34.9 Å². The van der Waals surface area contributed by atoms with Gasteiger partial charge in [0.25, 0.3) is 0 Å². The molecule has 0 saturated carbocycles. The first-order valence-corrected chi connectivity index (χ1v) is 27.1. The fourth-order valence-electron chi connectivity index (χ4n) is 8.43. The second-order valence-electron chi connectivity index (χ2n) is 16.7. The SMILES string of the molecule is CC[NH+](CC)CC.F[B-](F)(F)F.F[B-](F)(F)F.N=C([O-])[C@@H](N)c1ccccc1.[Pd+2].c1ccc([PH+](c2ccccc2)c2ccc3ccccc3c2-c2c([PH+](c3ccccc3)c3ccccc3)ccc3ccccc23)cc1. The average Bonchev–Trinajstić information content (AvgIpc) is 3.40. The second-order valence-corrected chi connectivity index (χ2v) is 21.6. The van der Waals surface area contributed by atoms with Gasteiger partial charge in [-0.15, -0.1) is 0 Å². The van der Waals surface area contributed by atoms with Crippen molar-refractivity contribution in [2.24, 2.45) is 5.73 Å². The van der Waals surface area contributed by atoms with Crippen molar-refractivity contribution in [1.29, 1.82) is 5.41 Å². The van der Waals surface area contributed by atoms with Crippen LogP contribution in [0.25, 0.3) is 32.7 Å². The van der Waals surface area contributed by atoms with E-state index in [2.05, 4.69) is 215 Å². The summed E-state index contributed by atoms with van der Waals surface area (Å²) in [5, 5.41) is 30.9. The second kappa shape index (κ2) is 30.5. The van der Waals surface area contributed by atoms with E-state index in [1.165, 1.54) is 84.1 Å². The number of nitrogens with two attached hydrogens (primary N) is 1. The van der Waals surface area contributed by atoms with Gasteiger partial charge in [0, 0.05) is 11.1 Å². The van der Waals surface area contributed by atoms with Crippen LogP contribution in [0, 0.1) is 5.41 Å². The smallest absolute Gasteiger partial charge is 0.861 e. The van der Waals surface area contributed by atoms with Gasteiger partial charge in [-0.2, -0.15) is 0 Å². The third-order valence-corrected chi connectivity index (χ3v) is 17.4. The number of quaternary nitrogens is 1. The Kier molecular flexibility index (Phi) is 25.0. The zero-order valence-corrected chi connectivity index (χ0v) is 45.1. The molecule has 9 rings (SSSR count). The van der Waals surface area contributed by atoms with Gasteiger partial charge in [-0.05, 0) is 114 Å². The molecule has 0 aliphatic heterocycles. The van der Waals surface area contributed by atoms with Crippen molar-refractivity contribution in [2.45, 2.75) is 26.8 Å². The maximum atomic E-state index is 10.5. The molecule has 0 aliphatic rings. The minimum absolute atomic E-state index is 0. The van der Waals surface area contributed by atoms with Crippen molar-refractivity contribution in [3.8, 4) is 11.1 Å². The number of benzene rings is 9. The fourth-order valence-corrected chi connectivity index (χ4v) is 14.0. The molecule has 0 aliphatic carbocycles. The molecule has 17 heteroatoms. The Morgan fingerprint density at radius 2 is 0.693 bits per heavy atom. The quantitative estimate of drug-likeness (QED) is 0.0375. The summed E-state index contributed by atoms with van der Waals surface area (Å²) in [6.07, 6.45) is 0. The molecule has 0 fully saturated rings. The van der Waals surface area contributed by atoms with E-state index in [-0.39, 0.29) is 20.4 Å². The van der Waals surface area contributed by atoms with Crippen LogP contribution in [0.2, 0.25) is 0 Å². The first kappa shape index (κ1) is 61.5. The van der Waals surface area contributed by atoms with Gasteiger partial charge in [0.1, 0.15) is 31.8 Å². The number of hydrogen-bond acceptors (Lipinski definition) is 3. The summed E-state index contributed by atoms with van der Waals surface area (Å²) in [6.45, 7) is 10.5. The molecule has 1 atom stereocenters. The summed E-state index contributed by atoms with van der Waals surface area (Å²) < 4.78 is 78.0. The largest absolute Gasteiger partial charge is 2.00 e. The number of halogens is 8. The zero-order valence-electron chi connectivity index (χ0n) is 41.5.